The molecule has 10 nitrogen and oxygen atoms in total. The predicted molar refractivity (Wildman–Crippen MR) is 165 cm³/mol. The largest absolute Gasteiger partial charge is 0.497 e. The van der Waals surface area contributed by atoms with Crippen LogP contribution in [0.2, 0.25) is 0 Å². The minimum Gasteiger partial charge on any atom is -0.497 e. The summed E-state index contributed by atoms with van der Waals surface area (Å²) in [5.41, 5.74) is -0.0741. The van der Waals surface area contributed by atoms with Crippen LogP contribution in [0.1, 0.15) is 20.8 Å². The maximum absolute atomic E-state index is 14.6. The number of anilines is 2. The molecule has 1 spiro atoms. The van der Waals surface area contributed by atoms with Crippen molar-refractivity contribution in [1.29, 1.82) is 0 Å². The molecule has 2 saturated heterocycles. The zero-order valence-electron chi connectivity index (χ0n) is 25.5. The van der Waals surface area contributed by atoms with Gasteiger partial charge in [-0.1, -0.05) is 38.2 Å². The molecule has 2 fully saturated rings. The minimum atomic E-state index is -1.39. The lowest BCUT2D eigenvalue weighted by molar-refractivity contribution is -0.145. The van der Waals surface area contributed by atoms with Crippen LogP contribution in [0.5, 0.6) is 11.5 Å². The van der Waals surface area contributed by atoms with Gasteiger partial charge in [0.1, 0.15) is 23.1 Å². The summed E-state index contributed by atoms with van der Waals surface area (Å²) in [6.45, 7) is 6.49. The molecular formula is C34H39N3O7. The fourth-order valence-corrected chi connectivity index (χ4v) is 7.17. The van der Waals surface area contributed by atoms with E-state index in [0.29, 0.717) is 36.0 Å². The van der Waals surface area contributed by atoms with Gasteiger partial charge in [-0.05, 0) is 61.4 Å². The average molecular weight is 602 g/mol. The number of ether oxygens (including phenoxy) is 3. The summed E-state index contributed by atoms with van der Waals surface area (Å²) >= 11 is 0. The Bertz CT molecular complexity index is 1470. The monoisotopic (exact) mass is 601 g/mol. The molecule has 0 aromatic heterocycles. The Labute approximate surface area is 257 Å². The van der Waals surface area contributed by atoms with Gasteiger partial charge in [-0.25, -0.2) is 0 Å². The number of rotatable bonds is 8. The standard InChI is InChI=1S/C34H39N3O7/c1-5-43-25-15-11-22(12-16-25)35-18-6-8-27-28(31(35)39)29-32(40)37(26(20-38)21(2)3)30-33(41)36(19-7-17-34(29,30)44-27)23-9-13-24(42-4)14-10-23/h6-17,21,26-30,38H,5,18-20H2,1-4H3/t26-,27+,28-,29-,30?,34-/m0/s1. The number of hydrogen-bond donors (Lipinski definition) is 1. The molecule has 10 heteroatoms. The van der Waals surface area contributed by atoms with Crippen molar-refractivity contribution in [3.05, 3.63) is 72.8 Å². The second kappa shape index (κ2) is 11.7. The number of amides is 3. The van der Waals surface area contributed by atoms with Gasteiger partial charge in [0.25, 0.3) is 5.91 Å². The van der Waals surface area contributed by atoms with E-state index >= 15 is 0 Å². The van der Waals surface area contributed by atoms with E-state index < -0.39 is 35.6 Å². The van der Waals surface area contributed by atoms with E-state index in [1.54, 1.807) is 41.2 Å². The van der Waals surface area contributed by atoms with Gasteiger partial charge in [0, 0.05) is 24.5 Å². The lowest BCUT2D eigenvalue weighted by atomic mass is 9.77. The average Bonchev–Trinajstić information content (AvgIpc) is 3.33. The van der Waals surface area contributed by atoms with Gasteiger partial charge >= 0.3 is 0 Å². The first-order valence-corrected chi connectivity index (χ1v) is 15.2. The summed E-state index contributed by atoms with van der Waals surface area (Å²) in [5.74, 6) is -1.56. The maximum atomic E-state index is 14.6. The fourth-order valence-electron chi connectivity index (χ4n) is 7.17. The summed E-state index contributed by atoms with van der Waals surface area (Å²) in [6.07, 6.45) is 6.68. The first-order chi connectivity index (χ1) is 21.2. The smallest absolute Gasteiger partial charge is 0.253 e. The van der Waals surface area contributed by atoms with Crippen LogP contribution in [0.15, 0.2) is 72.8 Å². The highest BCUT2D eigenvalue weighted by molar-refractivity contribution is 6.07. The Kier molecular flexibility index (Phi) is 7.98. The first-order valence-electron chi connectivity index (χ1n) is 15.2. The molecule has 2 aromatic carbocycles. The van der Waals surface area contributed by atoms with Crippen LogP contribution in [-0.4, -0.2) is 84.9 Å². The van der Waals surface area contributed by atoms with Crippen LogP contribution < -0.4 is 19.3 Å². The number of carbonyl (C=O) groups excluding carboxylic acids is 3. The van der Waals surface area contributed by atoms with Gasteiger partial charge < -0.3 is 34.0 Å². The van der Waals surface area contributed by atoms with E-state index in [1.807, 2.05) is 69.3 Å². The van der Waals surface area contributed by atoms with Crippen LogP contribution >= 0.6 is 0 Å². The van der Waals surface area contributed by atoms with Crippen molar-refractivity contribution in [3.63, 3.8) is 0 Å². The van der Waals surface area contributed by atoms with Crippen LogP contribution in [-0.2, 0) is 19.1 Å². The topological polar surface area (TPSA) is 109 Å². The Balaban J connectivity index is 1.43. The molecule has 1 unspecified atom stereocenters. The highest BCUT2D eigenvalue weighted by atomic mass is 16.5. The molecule has 0 aliphatic carbocycles. The number of methoxy groups -OCH3 is 1. The van der Waals surface area contributed by atoms with Crippen LogP contribution in [0.25, 0.3) is 0 Å². The normalized spacial score (nSPS) is 28.5. The molecule has 2 aromatic rings. The van der Waals surface area contributed by atoms with Gasteiger partial charge in [-0.15, -0.1) is 0 Å². The Hall–Kier alpha value is -4.15. The van der Waals surface area contributed by atoms with Gasteiger partial charge in [-0.3, -0.25) is 14.4 Å². The molecule has 0 radical (unpaired) electrons. The molecule has 6 atom stereocenters. The molecule has 44 heavy (non-hydrogen) atoms. The van der Waals surface area contributed by atoms with Gasteiger partial charge in [0.05, 0.1) is 44.3 Å². The Morgan fingerprint density at radius 2 is 1.52 bits per heavy atom. The molecule has 232 valence electrons. The number of benzene rings is 2. The number of likely N-dealkylation sites (tertiary alicyclic amines) is 1. The van der Waals surface area contributed by atoms with E-state index in [9.17, 15) is 19.5 Å². The third kappa shape index (κ3) is 4.68. The third-order valence-corrected chi connectivity index (χ3v) is 9.25. The summed E-state index contributed by atoms with van der Waals surface area (Å²) < 4.78 is 17.6. The van der Waals surface area contributed by atoms with Crippen molar-refractivity contribution in [1.82, 2.24) is 4.90 Å². The number of aliphatic hydroxyl groups is 1. The number of carbonyl (C=O) groups is 3. The van der Waals surface area contributed by atoms with E-state index in [4.69, 9.17) is 14.2 Å². The molecule has 0 bridgehead atoms. The number of hydrogen-bond acceptors (Lipinski definition) is 7. The second-order valence-electron chi connectivity index (χ2n) is 11.9. The van der Waals surface area contributed by atoms with E-state index in [0.717, 1.165) is 0 Å². The summed E-state index contributed by atoms with van der Waals surface area (Å²) in [4.78, 5) is 48.4. The summed E-state index contributed by atoms with van der Waals surface area (Å²) in [6, 6.07) is 12.7. The Morgan fingerprint density at radius 1 is 0.909 bits per heavy atom. The number of nitrogens with zero attached hydrogens (tertiary/aromatic N) is 3. The summed E-state index contributed by atoms with van der Waals surface area (Å²) in [5, 5.41) is 10.5. The fraction of sp³-hybridized carbons (Fsp3) is 0.441. The second-order valence-corrected chi connectivity index (χ2v) is 11.9. The predicted octanol–water partition coefficient (Wildman–Crippen LogP) is 3.20. The van der Waals surface area contributed by atoms with Crippen molar-refractivity contribution in [2.45, 2.75) is 44.6 Å². The zero-order valence-corrected chi connectivity index (χ0v) is 25.5. The van der Waals surface area contributed by atoms with Crippen LogP contribution in [0.3, 0.4) is 0 Å². The lowest BCUT2D eigenvalue weighted by Crippen LogP contribution is -2.59. The number of aliphatic hydroxyl groups excluding tert-OH is 1. The van der Waals surface area contributed by atoms with Gasteiger partial charge in [-0.2, -0.15) is 0 Å². The number of fused-ring (bicyclic) bond motifs is 2. The lowest BCUT2D eigenvalue weighted by Gasteiger charge is -2.39. The minimum absolute atomic E-state index is 0.157. The summed E-state index contributed by atoms with van der Waals surface area (Å²) in [7, 11) is 1.58. The van der Waals surface area contributed by atoms with Gasteiger partial charge in [0.2, 0.25) is 11.8 Å². The molecule has 4 aliphatic rings. The van der Waals surface area contributed by atoms with Crippen molar-refractivity contribution in [2.75, 3.05) is 43.2 Å². The molecule has 4 heterocycles. The maximum Gasteiger partial charge on any atom is 0.253 e. The van der Waals surface area contributed by atoms with Crippen molar-refractivity contribution >= 4 is 29.1 Å². The molecular weight excluding hydrogens is 562 g/mol. The molecule has 3 amide bonds. The van der Waals surface area contributed by atoms with Crippen molar-refractivity contribution < 1.29 is 33.7 Å². The van der Waals surface area contributed by atoms with Crippen LogP contribution in [0.4, 0.5) is 11.4 Å². The van der Waals surface area contributed by atoms with Crippen molar-refractivity contribution in [2.24, 2.45) is 17.8 Å². The quantitative estimate of drug-likeness (QED) is 0.463. The molecule has 6 rings (SSSR count). The third-order valence-electron chi connectivity index (χ3n) is 9.25. The van der Waals surface area contributed by atoms with E-state index in [-0.39, 0.29) is 36.8 Å². The molecule has 4 aliphatic heterocycles. The highest BCUT2D eigenvalue weighted by Gasteiger charge is 2.72. The first kappa shape index (κ1) is 29.9. The highest BCUT2D eigenvalue weighted by Crippen LogP contribution is 2.54. The van der Waals surface area contributed by atoms with E-state index in [2.05, 4.69) is 0 Å². The van der Waals surface area contributed by atoms with Gasteiger partial charge in [0.15, 0.2) is 0 Å². The Morgan fingerprint density at radius 3 is 2.11 bits per heavy atom. The SMILES string of the molecule is CCOc1ccc(N2CC=C[C@H]3O[C@]45C=CCN(c6ccc(OC)cc6)C(=O)C4N([C@@H](CO)C(C)C)C(=O)[C@@H]5[C@H]3C2=O)cc1. The molecule has 0 saturated carbocycles. The zero-order chi connectivity index (χ0) is 31.2. The van der Waals surface area contributed by atoms with E-state index in [1.165, 1.54) is 4.90 Å². The van der Waals surface area contributed by atoms with Crippen molar-refractivity contribution in [3.8, 4) is 11.5 Å². The van der Waals surface area contributed by atoms with Crippen LogP contribution in [0, 0.1) is 17.8 Å². The molecule has 1 N–H and O–H groups in total.